The monoisotopic (exact) mass is 508 g/mol. The normalized spacial score (nSPS) is 11.4. The number of nitrogens with one attached hydrogen (secondary N) is 3. The number of halogens is 1. The molecule has 0 spiro atoms. The second-order valence-electron chi connectivity index (χ2n) is 7.56. The molecule has 0 saturated heterocycles. The lowest BCUT2D eigenvalue weighted by atomic mass is 10.1. The van der Waals surface area contributed by atoms with Gasteiger partial charge < -0.3 is 20.1 Å². The first-order valence-electron chi connectivity index (χ1n) is 10.9. The molecule has 0 aromatic heterocycles. The van der Waals surface area contributed by atoms with Crippen molar-refractivity contribution in [3.63, 3.8) is 0 Å². The van der Waals surface area contributed by atoms with Gasteiger partial charge in [-0.05, 0) is 60.5 Å². The van der Waals surface area contributed by atoms with Gasteiger partial charge in [0.25, 0.3) is 5.91 Å². The van der Waals surface area contributed by atoms with Crippen molar-refractivity contribution < 1.29 is 23.9 Å². The van der Waals surface area contributed by atoms with Crippen molar-refractivity contribution in [3.05, 3.63) is 88.9 Å². The number of carbonyl (C=O) groups excluding carboxylic acids is 3. The number of benzene rings is 3. The number of ether oxygens (including phenoxy) is 2. The summed E-state index contributed by atoms with van der Waals surface area (Å²) in [5, 5.41) is 9.37. The van der Waals surface area contributed by atoms with Gasteiger partial charge in [0, 0.05) is 5.69 Å². The van der Waals surface area contributed by atoms with E-state index in [0.717, 1.165) is 5.56 Å². The molecule has 1 atom stereocenters. The number of carbonyl (C=O) groups is 3. The molecule has 0 bridgehead atoms. The van der Waals surface area contributed by atoms with Gasteiger partial charge in [0.05, 0.1) is 24.4 Å². The highest BCUT2D eigenvalue weighted by Gasteiger charge is 2.14. The second kappa shape index (κ2) is 12.9. The maximum atomic E-state index is 12.1. The zero-order valence-corrected chi connectivity index (χ0v) is 20.4. The van der Waals surface area contributed by atoms with Gasteiger partial charge in [-0.1, -0.05) is 41.9 Å². The molecule has 0 fully saturated rings. The fraction of sp³-hybridized carbons (Fsp3) is 0.154. The van der Waals surface area contributed by atoms with Gasteiger partial charge in [-0.25, -0.2) is 5.43 Å². The first-order chi connectivity index (χ1) is 17.4. The van der Waals surface area contributed by atoms with Crippen molar-refractivity contribution in [2.45, 2.75) is 13.0 Å². The van der Waals surface area contributed by atoms with E-state index in [1.165, 1.54) is 19.4 Å². The standard InChI is InChI=1S/C26H25ClN4O5/c1-17(19-6-4-3-5-7-19)29-24(32)16-36-21-11-8-18(9-12-21)15-28-31-26(34)25(33)30-20-10-13-23(35-2)22(27)14-20/h3-15,17H,16H2,1-2H3,(H,29,32)(H,30,33)(H,31,34)/b28-15-/t17-/m0/s1. The predicted molar refractivity (Wildman–Crippen MR) is 137 cm³/mol. The predicted octanol–water partition coefficient (Wildman–Crippen LogP) is 3.69. The Hall–Kier alpha value is -4.37. The summed E-state index contributed by atoms with van der Waals surface area (Å²) in [6.07, 6.45) is 1.37. The van der Waals surface area contributed by atoms with Crippen molar-refractivity contribution in [1.82, 2.24) is 10.7 Å². The molecule has 3 N–H and O–H groups in total. The molecule has 0 radical (unpaired) electrons. The van der Waals surface area contributed by atoms with Crippen LogP contribution in [0.4, 0.5) is 5.69 Å². The summed E-state index contributed by atoms with van der Waals surface area (Å²) in [5.41, 5.74) is 4.14. The number of hydrogen-bond donors (Lipinski definition) is 3. The molecule has 3 rings (SSSR count). The highest BCUT2D eigenvalue weighted by atomic mass is 35.5. The maximum absolute atomic E-state index is 12.1. The molecule has 0 saturated carbocycles. The molecule has 3 amide bonds. The first-order valence-corrected chi connectivity index (χ1v) is 11.3. The highest BCUT2D eigenvalue weighted by Crippen LogP contribution is 2.27. The van der Waals surface area contributed by atoms with Crippen LogP contribution in [-0.2, 0) is 14.4 Å². The third-order valence-electron chi connectivity index (χ3n) is 4.92. The molecule has 3 aromatic rings. The second-order valence-corrected chi connectivity index (χ2v) is 7.97. The van der Waals surface area contributed by atoms with E-state index in [-0.39, 0.29) is 18.6 Å². The van der Waals surface area contributed by atoms with Gasteiger partial charge in [0.1, 0.15) is 11.5 Å². The van der Waals surface area contributed by atoms with Gasteiger partial charge in [-0.3, -0.25) is 14.4 Å². The number of methoxy groups -OCH3 is 1. The summed E-state index contributed by atoms with van der Waals surface area (Å²) >= 11 is 6.00. The van der Waals surface area contributed by atoms with E-state index in [1.807, 2.05) is 37.3 Å². The fourth-order valence-electron chi connectivity index (χ4n) is 3.06. The minimum atomic E-state index is -0.950. The van der Waals surface area contributed by atoms with Crippen LogP contribution >= 0.6 is 11.6 Å². The lowest BCUT2D eigenvalue weighted by molar-refractivity contribution is -0.136. The van der Waals surface area contributed by atoms with Crippen LogP contribution in [0.2, 0.25) is 5.02 Å². The molecule has 3 aromatic carbocycles. The van der Waals surface area contributed by atoms with Crippen LogP contribution in [-0.4, -0.2) is 37.7 Å². The molecule has 9 nitrogen and oxygen atoms in total. The maximum Gasteiger partial charge on any atom is 0.329 e. The molecule has 0 aliphatic carbocycles. The third-order valence-corrected chi connectivity index (χ3v) is 5.22. The zero-order valence-electron chi connectivity index (χ0n) is 19.7. The van der Waals surface area contributed by atoms with Gasteiger partial charge >= 0.3 is 11.8 Å². The average molecular weight is 509 g/mol. The van der Waals surface area contributed by atoms with Gasteiger partial charge in [-0.15, -0.1) is 0 Å². The van der Waals surface area contributed by atoms with Gasteiger partial charge in [-0.2, -0.15) is 5.10 Å². The number of amides is 3. The molecular weight excluding hydrogens is 484 g/mol. The summed E-state index contributed by atoms with van der Waals surface area (Å²) in [7, 11) is 1.47. The summed E-state index contributed by atoms with van der Waals surface area (Å²) in [5.74, 6) is -1.15. The Kier molecular flexibility index (Phi) is 9.41. The molecule has 186 valence electrons. The largest absolute Gasteiger partial charge is 0.495 e. The topological polar surface area (TPSA) is 118 Å². The molecule has 0 unspecified atom stereocenters. The molecular formula is C26H25ClN4O5. The van der Waals surface area contributed by atoms with E-state index in [1.54, 1.807) is 36.4 Å². The van der Waals surface area contributed by atoms with Crippen LogP contribution < -0.4 is 25.5 Å². The minimum absolute atomic E-state index is 0.130. The molecule has 36 heavy (non-hydrogen) atoms. The van der Waals surface area contributed by atoms with E-state index in [2.05, 4.69) is 21.2 Å². The van der Waals surface area contributed by atoms with Crippen molar-refractivity contribution in [2.24, 2.45) is 5.10 Å². The zero-order chi connectivity index (χ0) is 25.9. The lowest BCUT2D eigenvalue weighted by Gasteiger charge is -2.14. The van der Waals surface area contributed by atoms with Crippen LogP contribution in [0.3, 0.4) is 0 Å². The number of rotatable bonds is 9. The highest BCUT2D eigenvalue weighted by molar-refractivity contribution is 6.40. The molecule has 0 heterocycles. The Morgan fingerprint density at radius 3 is 2.39 bits per heavy atom. The Labute approximate surface area is 213 Å². The first kappa shape index (κ1) is 26.2. The molecule has 0 aliphatic rings. The average Bonchev–Trinajstić information content (AvgIpc) is 2.88. The third kappa shape index (κ3) is 7.85. The van der Waals surface area contributed by atoms with E-state index in [9.17, 15) is 14.4 Å². The summed E-state index contributed by atoms with van der Waals surface area (Å²) in [6.45, 7) is 1.77. The van der Waals surface area contributed by atoms with Crippen LogP contribution in [0.5, 0.6) is 11.5 Å². The van der Waals surface area contributed by atoms with Gasteiger partial charge in [0.15, 0.2) is 6.61 Å². The van der Waals surface area contributed by atoms with Crippen molar-refractivity contribution in [3.8, 4) is 11.5 Å². The molecule has 10 heteroatoms. The van der Waals surface area contributed by atoms with Crippen LogP contribution in [0.15, 0.2) is 77.9 Å². The van der Waals surface area contributed by atoms with Crippen LogP contribution in [0, 0.1) is 0 Å². The summed E-state index contributed by atoms with van der Waals surface area (Å²) in [4.78, 5) is 36.1. The van der Waals surface area contributed by atoms with Crippen LogP contribution in [0.25, 0.3) is 0 Å². The fourth-order valence-corrected chi connectivity index (χ4v) is 3.31. The van der Waals surface area contributed by atoms with Crippen molar-refractivity contribution in [2.75, 3.05) is 19.0 Å². The summed E-state index contributed by atoms with van der Waals surface area (Å²) < 4.78 is 10.6. The molecule has 0 aliphatic heterocycles. The van der Waals surface area contributed by atoms with Crippen molar-refractivity contribution in [1.29, 1.82) is 0 Å². The number of anilines is 1. The minimum Gasteiger partial charge on any atom is -0.495 e. The Bertz CT molecular complexity index is 1230. The van der Waals surface area contributed by atoms with Crippen LogP contribution in [0.1, 0.15) is 24.1 Å². The summed E-state index contributed by atoms with van der Waals surface area (Å²) in [6, 6.07) is 20.8. The van der Waals surface area contributed by atoms with Gasteiger partial charge in [0.2, 0.25) is 0 Å². The number of hydrazone groups is 1. The number of nitrogens with zero attached hydrogens (tertiary/aromatic N) is 1. The lowest BCUT2D eigenvalue weighted by Crippen LogP contribution is -2.32. The number of hydrogen-bond acceptors (Lipinski definition) is 6. The van der Waals surface area contributed by atoms with Crippen molar-refractivity contribution >= 4 is 41.2 Å². The SMILES string of the molecule is COc1ccc(NC(=O)C(=O)N/N=C\c2ccc(OCC(=O)N[C@@H](C)c3ccccc3)cc2)cc1Cl. The Morgan fingerprint density at radius 1 is 1.00 bits per heavy atom. The Balaban J connectivity index is 1.42. The van der Waals surface area contributed by atoms with E-state index in [4.69, 9.17) is 21.1 Å². The van der Waals surface area contributed by atoms with E-state index in [0.29, 0.717) is 27.8 Å². The van der Waals surface area contributed by atoms with E-state index < -0.39 is 11.8 Å². The Morgan fingerprint density at radius 2 is 1.72 bits per heavy atom. The smallest absolute Gasteiger partial charge is 0.329 e. The van der Waals surface area contributed by atoms with E-state index >= 15 is 0 Å². The quantitative estimate of drug-likeness (QED) is 0.231.